The monoisotopic (exact) mass is 328 g/mol. The van der Waals surface area contributed by atoms with Crippen molar-refractivity contribution >= 4 is 17.5 Å². The van der Waals surface area contributed by atoms with Crippen molar-refractivity contribution in [1.29, 1.82) is 0 Å². The quantitative estimate of drug-likeness (QED) is 0.848. The van der Waals surface area contributed by atoms with E-state index in [0.29, 0.717) is 31.3 Å². The zero-order chi connectivity index (χ0) is 16.1. The van der Waals surface area contributed by atoms with E-state index in [1.54, 1.807) is 17.0 Å². The minimum atomic E-state index is -0.434. The van der Waals surface area contributed by atoms with Crippen LogP contribution in [0.5, 0.6) is 0 Å². The van der Waals surface area contributed by atoms with E-state index >= 15 is 0 Å². The smallest absolute Gasteiger partial charge is 0.227 e. The minimum Gasteiger partial charge on any atom is -0.379 e. The SMILES string of the molecule is CN(C)CC1COCCN(C(=O)Cc2c(F)cccc2Cl)C1. The molecular formula is C16H22ClFN2O2. The summed E-state index contributed by atoms with van der Waals surface area (Å²) in [7, 11) is 3.99. The minimum absolute atomic E-state index is 0.0137. The van der Waals surface area contributed by atoms with E-state index in [1.165, 1.54) is 6.07 Å². The van der Waals surface area contributed by atoms with Gasteiger partial charge in [-0.3, -0.25) is 4.79 Å². The Bertz CT molecular complexity index is 505. The first-order valence-electron chi connectivity index (χ1n) is 7.40. The maximum absolute atomic E-state index is 13.8. The molecule has 1 saturated heterocycles. The third-order valence-electron chi connectivity index (χ3n) is 3.70. The Morgan fingerprint density at radius 2 is 2.27 bits per heavy atom. The first-order valence-corrected chi connectivity index (χ1v) is 7.78. The van der Waals surface area contributed by atoms with E-state index in [-0.39, 0.29) is 23.8 Å². The fraction of sp³-hybridized carbons (Fsp3) is 0.562. The second-order valence-electron chi connectivity index (χ2n) is 5.92. The molecule has 0 radical (unpaired) electrons. The number of halogens is 2. The average Bonchev–Trinajstić information content (AvgIpc) is 2.68. The molecule has 1 aliphatic heterocycles. The van der Waals surface area contributed by atoms with E-state index in [1.807, 2.05) is 14.1 Å². The lowest BCUT2D eigenvalue weighted by Crippen LogP contribution is -2.39. The Morgan fingerprint density at radius 1 is 1.50 bits per heavy atom. The molecule has 1 aromatic rings. The van der Waals surface area contributed by atoms with Crippen LogP contribution in [-0.2, 0) is 16.0 Å². The van der Waals surface area contributed by atoms with Crippen molar-refractivity contribution in [3.63, 3.8) is 0 Å². The summed E-state index contributed by atoms with van der Waals surface area (Å²) in [5.41, 5.74) is 0.267. The zero-order valence-corrected chi connectivity index (χ0v) is 13.8. The van der Waals surface area contributed by atoms with E-state index in [2.05, 4.69) is 4.90 Å². The molecule has 0 saturated carbocycles. The lowest BCUT2D eigenvalue weighted by Gasteiger charge is -2.25. The van der Waals surface area contributed by atoms with Crippen LogP contribution in [0.1, 0.15) is 5.56 Å². The van der Waals surface area contributed by atoms with E-state index < -0.39 is 5.82 Å². The van der Waals surface area contributed by atoms with Crippen LogP contribution in [0.15, 0.2) is 18.2 Å². The van der Waals surface area contributed by atoms with Crippen LogP contribution in [0, 0.1) is 11.7 Å². The molecule has 22 heavy (non-hydrogen) atoms. The molecule has 1 unspecified atom stereocenters. The summed E-state index contributed by atoms with van der Waals surface area (Å²) in [5, 5.41) is 0.296. The second kappa shape index (κ2) is 7.90. The molecule has 0 N–H and O–H groups in total. The van der Waals surface area contributed by atoms with Gasteiger partial charge >= 0.3 is 0 Å². The van der Waals surface area contributed by atoms with Gasteiger partial charge in [0.25, 0.3) is 0 Å². The average molecular weight is 329 g/mol. The van der Waals surface area contributed by atoms with E-state index in [4.69, 9.17) is 16.3 Å². The first kappa shape index (κ1) is 17.2. The number of carbonyl (C=O) groups is 1. The summed E-state index contributed by atoms with van der Waals surface area (Å²) in [6, 6.07) is 4.47. The van der Waals surface area contributed by atoms with Crippen LogP contribution in [0.3, 0.4) is 0 Å². The number of amides is 1. The third kappa shape index (κ3) is 4.66. The molecule has 0 aromatic heterocycles. The molecule has 1 aromatic carbocycles. The molecule has 1 heterocycles. The Balaban J connectivity index is 2.04. The van der Waals surface area contributed by atoms with Crippen molar-refractivity contribution in [3.8, 4) is 0 Å². The fourth-order valence-corrected chi connectivity index (χ4v) is 2.93. The van der Waals surface area contributed by atoms with Crippen LogP contribution < -0.4 is 0 Å². The van der Waals surface area contributed by atoms with Crippen molar-refractivity contribution < 1.29 is 13.9 Å². The number of rotatable bonds is 4. The lowest BCUT2D eigenvalue weighted by atomic mass is 10.1. The Kier molecular flexibility index (Phi) is 6.17. The summed E-state index contributed by atoms with van der Waals surface area (Å²) in [6.45, 7) is 3.17. The van der Waals surface area contributed by atoms with Gasteiger partial charge in [0.1, 0.15) is 5.82 Å². The van der Waals surface area contributed by atoms with Gasteiger partial charge in [-0.05, 0) is 26.2 Å². The topological polar surface area (TPSA) is 32.8 Å². The predicted molar refractivity (Wildman–Crippen MR) is 84.6 cm³/mol. The highest BCUT2D eigenvalue weighted by Crippen LogP contribution is 2.20. The maximum atomic E-state index is 13.8. The number of ether oxygens (including phenoxy) is 1. The Hall–Kier alpha value is -1.17. The standard InChI is InChI=1S/C16H22ClFN2O2/c1-19(2)9-12-10-20(6-7-22-11-12)16(21)8-13-14(17)4-3-5-15(13)18/h3-5,12H,6-11H2,1-2H3. The molecule has 122 valence electrons. The molecule has 6 heteroatoms. The summed E-state index contributed by atoms with van der Waals surface area (Å²) in [5.74, 6) is -0.282. The van der Waals surface area contributed by atoms with Crippen LogP contribution in [0.2, 0.25) is 5.02 Å². The van der Waals surface area contributed by atoms with Gasteiger partial charge in [-0.1, -0.05) is 17.7 Å². The summed E-state index contributed by atoms with van der Waals surface area (Å²) in [6.07, 6.45) is -0.0137. The second-order valence-corrected chi connectivity index (χ2v) is 6.33. The van der Waals surface area contributed by atoms with Gasteiger partial charge in [-0.15, -0.1) is 0 Å². The van der Waals surface area contributed by atoms with Gasteiger partial charge < -0.3 is 14.5 Å². The number of benzene rings is 1. The number of hydrogen-bond donors (Lipinski definition) is 0. The fourth-order valence-electron chi connectivity index (χ4n) is 2.70. The zero-order valence-electron chi connectivity index (χ0n) is 13.0. The number of hydrogen-bond acceptors (Lipinski definition) is 3. The molecule has 1 fully saturated rings. The molecule has 0 bridgehead atoms. The lowest BCUT2D eigenvalue weighted by molar-refractivity contribution is -0.131. The maximum Gasteiger partial charge on any atom is 0.227 e. The van der Waals surface area contributed by atoms with Crippen molar-refractivity contribution in [2.24, 2.45) is 5.92 Å². The first-order chi connectivity index (χ1) is 10.5. The predicted octanol–water partition coefficient (Wildman–Crippen LogP) is 2.06. The van der Waals surface area contributed by atoms with Crippen molar-refractivity contribution in [3.05, 3.63) is 34.6 Å². The normalized spacial score (nSPS) is 19.3. The van der Waals surface area contributed by atoms with Crippen molar-refractivity contribution in [2.75, 3.05) is 46.9 Å². The van der Waals surface area contributed by atoms with Gasteiger partial charge in [-0.25, -0.2) is 4.39 Å². The molecule has 1 aliphatic rings. The van der Waals surface area contributed by atoms with Crippen LogP contribution in [0.4, 0.5) is 4.39 Å². The largest absolute Gasteiger partial charge is 0.379 e. The van der Waals surface area contributed by atoms with Gasteiger partial charge in [-0.2, -0.15) is 0 Å². The van der Waals surface area contributed by atoms with Crippen molar-refractivity contribution in [2.45, 2.75) is 6.42 Å². The highest BCUT2D eigenvalue weighted by Gasteiger charge is 2.24. The summed E-state index contributed by atoms with van der Waals surface area (Å²) < 4.78 is 19.4. The van der Waals surface area contributed by atoms with Gasteiger partial charge in [0.15, 0.2) is 0 Å². The van der Waals surface area contributed by atoms with Gasteiger partial charge in [0, 0.05) is 36.1 Å². The van der Waals surface area contributed by atoms with Gasteiger partial charge in [0.05, 0.1) is 19.6 Å². The summed E-state index contributed by atoms with van der Waals surface area (Å²) in [4.78, 5) is 16.3. The molecule has 4 nitrogen and oxygen atoms in total. The van der Waals surface area contributed by atoms with E-state index in [9.17, 15) is 9.18 Å². The van der Waals surface area contributed by atoms with Crippen molar-refractivity contribution in [1.82, 2.24) is 9.80 Å². The van der Waals surface area contributed by atoms with Crippen LogP contribution >= 0.6 is 11.6 Å². The molecule has 1 amide bonds. The molecule has 1 atom stereocenters. The Labute approximate surface area is 135 Å². The molecule has 0 aliphatic carbocycles. The number of carbonyl (C=O) groups excluding carboxylic acids is 1. The molecule has 2 rings (SSSR count). The van der Waals surface area contributed by atoms with Crippen LogP contribution in [0.25, 0.3) is 0 Å². The highest BCUT2D eigenvalue weighted by molar-refractivity contribution is 6.31. The third-order valence-corrected chi connectivity index (χ3v) is 4.06. The molecular weight excluding hydrogens is 307 g/mol. The van der Waals surface area contributed by atoms with Gasteiger partial charge in [0.2, 0.25) is 5.91 Å². The Morgan fingerprint density at radius 3 is 2.95 bits per heavy atom. The van der Waals surface area contributed by atoms with E-state index in [0.717, 1.165) is 6.54 Å². The molecule has 0 spiro atoms. The van der Waals surface area contributed by atoms with Crippen LogP contribution in [-0.4, -0.2) is 62.7 Å². The highest BCUT2D eigenvalue weighted by atomic mass is 35.5. The number of nitrogens with zero attached hydrogens (tertiary/aromatic N) is 2. The summed E-state index contributed by atoms with van der Waals surface area (Å²) >= 11 is 6.00.